The molecule has 0 saturated heterocycles. The second-order valence-corrected chi connectivity index (χ2v) is 4.52. The summed E-state index contributed by atoms with van der Waals surface area (Å²) in [6, 6.07) is 4.39. The molecule has 0 spiro atoms. The van der Waals surface area contributed by atoms with Gasteiger partial charge in [-0.05, 0) is 24.8 Å². The van der Waals surface area contributed by atoms with Gasteiger partial charge in [-0.1, -0.05) is 6.92 Å². The van der Waals surface area contributed by atoms with Crippen molar-refractivity contribution in [1.29, 1.82) is 5.26 Å². The first-order valence-corrected chi connectivity index (χ1v) is 6.67. The van der Waals surface area contributed by atoms with Gasteiger partial charge in [-0.15, -0.1) is 0 Å². The van der Waals surface area contributed by atoms with Crippen LogP contribution in [0.4, 0.5) is 14.5 Å². The van der Waals surface area contributed by atoms with Gasteiger partial charge in [-0.2, -0.15) is 17.0 Å². The summed E-state index contributed by atoms with van der Waals surface area (Å²) in [4.78, 5) is 0. The number of nitrogens with one attached hydrogen (secondary N) is 1. The van der Waals surface area contributed by atoms with E-state index in [-0.39, 0.29) is 17.3 Å². The van der Waals surface area contributed by atoms with Crippen molar-refractivity contribution >= 4 is 17.4 Å². The Balaban J connectivity index is 2.93. The van der Waals surface area contributed by atoms with Crippen molar-refractivity contribution in [2.24, 2.45) is 0 Å². The molecule has 0 saturated carbocycles. The predicted molar refractivity (Wildman–Crippen MR) is 67.2 cm³/mol. The Hall–Kier alpha value is -1.28. The second-order valence-electron chi connectivity index (χ2n) is 3.61. The number of rotatable bonds is 5. The molecule has 2 nitrogen and oxygen atoms in total. The summed E-state index contributed by atoms with van der Waals surface area (Å²) in [7, 11) is 0. The van der Waals surface area contributed by atoms with Crippen LogP contribution in [0.2, 0.25) is 0 Å². The highest BCUT2D eigenvalue weighted by Crippen LogP contribution is 2.21. The number of hydrogen-bond acceptors (Lipinski definition) is 3. The lowest BCUT2D eigenvalue weighted by molar-refractivity contribution is 0.507. The second kappa shape index (κ2) is 6.45. The minimum Gasteiger partial charge on any atom is -0.379 e. The van der Waals surface area contributed by atoms with Crippen molar-refractivity contribution in [1.82, 2.24) is 0 Å². The molecule has 0 aromatic heterocycles. The van der Waals surface area contributed by atoms with Crippen LogP contribution in [-0.4, -0.2) is 18.1 Å². The van der Waals surface area contributed by atoms with Crippen LogP contribution in [0.3, 0.4) is 0 Å². The van der Waals surface area contributed by atoms with Gasteiger partial charge in [0.1, 0.15) is 6.07 Å². The van der Waals surface area contributed by atoms with E-state index in [0.29, 0.717) is 0 Å². The van der Waals surface area contributed by atoms with Gasteiger partial charge in [0.25, 0.3) is 0 Å². The fraction of sp³-hybridized carbons (Fsp3) is 0.417. The van der Waals surface area contributed by atoms with Crippen LogP contribution in [0.15, 0.2) is 12.1 Å². The highest BCUT2D eigenvalue weighted by Gasteiger charge is 2.15. The molecule has 0 heterocycles. The van der Waals surface area contributed by atoms with Gasteiger partial charge in [0, 0.05) is 11.8 Å². The zero-order valence-electron chi connectivity index (χ0n) is 9.76. The molecule has 0 aliphatic rings. The minimum absolute atomic E-state index is 0.0897. The minimum atomic E-state index is -1.09. The molecule has 0 bridgehead atoms. The molecule has 0 amide bonds. The van der Waals surface area contributed by atoms with Crippen LogP contribution in [0.1, 0.15) is 18.9 Å². The molecule has 5 heteroatoms. The molecule has 0 fully saturated rings. The summed E-state index contributed by atoms with van der Waals surface area (Å²) in [5.41, 5.74) is -0.159. The fourth-order valence-corrected chi connectivity index (χ4v) is 2.15. The Kier molecular flexibility index (Phi) is 5.23. The molecule has 1 rings (SSSR count). The van der Waals surface area contributed by atoms with E-state index >= 15 is 0 Å². The Morgan fingerprint density at radius 2 is 2.12 bits per heavy atom. The first-order chi connectivity index (χ1) is 8.13. The maximum absolute atomic E-state index is 13.6. The number of anilines is 1. The summed E-state index contributed by atoms with van der Waals surface area (Å²) in [6.07, 6.45) is 2.78. The third-order valence-corrected chi connectivity index (χ3v) is 3.16. The summed E-state index contributed by atoms with van der Waals surface area (Å²) in [6.45, 7) is 1.98. The quantitative estimate of drug-likeness (QED) is 0.877. The highest BCUT2D eigenvalue weighted by molar-refractivity contribution is 7.98. The Labute approximate surface area is 104 Å². The monoisotopic (exact) mass is 256 g/mol. The van der Waals surface area contributed by atoms with Crippen molar-refractivity contribution in [3.8, 4) is 6.07 Å². The molecule has 1 aromatic carbocycles. The average molecular weight is 256 g/mol. The summed E-state index contributed by atoms with van der Waals surface area (Å²) < 4.78 is 27.0. The Bertz CT molecular complexity index is 429. The molecule has 92 valence electrons. The van der Waals surface area contributed by atoms with E-state index in [1.807, 2.05) is 13.2 Å². The average Bonchev–Trinajstić information content (AvgIpc) is 2.34. The van der Waals surface area contributed by atoms with Crippen LogP contribution in [0.5, 0.6) is 0 Å². The molecule has 17 heavy (non-hydrogen) atoms. The SMILES string of the molecule is CCC(CSC)Nc1ccc(C#N)c(F)c1F. The van der Waals surface area contributed by atoms with Crippen molar-refractivity contribution in [3.05, 3.63) is 29.3 Å². The van der Waals surface area contributed by atoms with Crippen molar-refractivity contribution in [2.45, 2.75) is 19.4 Å². The van der Waals surface area contributed by atoms with E-state index in [2.05, 4.69) is 5.32 Å². The number of hydrogen-bond donors (Lipinski definition) is 1. The van der Waals surface area contributed by atoms with Crippen LogP contribution >= 0.6 is 11.8 Å². The normalized spacial score (nSPS) is 11.9. The lowest BCUT2D eigenvalue weighted by Crippen LogP contribution is -2.22. The molecule has 1 unspecified atom stereocenters. The Morgan fingerprint density at radius 1 is 1.41 bits per heavy atom. The zero-order valence-corrected chi connectivity index (χ0v) is 10.6. The lowest BCUT2D eigenvalue weighted by atomic mass is 10.1. The van der Waals surface area contributed by atoms with E-state index in [9.17, 15) is 8.78 Å². The Morgan fingerprint density at radius 3 is 2.65 bits per heavy atom. The first kappa shape index (κ1) is 13.8. The summed E-state index contributed by atoms with van der Waals surface area (Å²) in [5.74, 6) is -1.25. The van der Waals surface area contributed by atoms with Gasteiger partial charge in [-0.25, -0.2) is 8.78 Å². The molecule has 1 N–H and O–H groups in total. The standard InChI is InChI=1S/C12H14F2N2S/c1-3-9(7-17-2)16-10-5-4-8(6-15)11(13)12(10)14/h4-5,9,16H,3,7H2,1-2H3. The zero-order chi connectivity index (χ0) is 12.8. The largest absolute Gasteiger partial charge is 0.379 e. The molecular weight excluding hydrogens is 242 g/mol. The van der Waals surface area contributed by atoms with Gasteiger partial charge in [0.15, 0.2) is 11.6 Å². The van der Waals surface area contributed by atoms with Crippen LogP contribution in [-0.2, 0) is 0 Å². The molecule has 0 aliphatic heterocycles. The number of halogens is 2. The van der Waals surface area contributed by atoms with Gasteiger partial charge in [-0.3, -0.25) is 0 Å². The number of nitriles is 1. The van der Waals surface area contributed by atoms with Crippen molar-refractivity contribution in [2.75, 3.05) is 17.3 Å². The number of nitrogens with zero attached hydrogens (tertiary/aromatic N) is 1. The smallest absolute Gasteiger partial charge is 0.183 e. The maximum Gasteiger partial charge on any atom is 0.183 e. The summed E-state index contributed by atoms with van der Waals surface area (Å²) in [5, 5.41) is 11.5. The molecule has 1 aromatic rings. The van der Waals surface area contributed by atoms with E-state index in [0.717, 1.165) is 12.2 Å². The number of thioether (sulfide) groups is 1. The lowest BCUT2D eigenvalue weighted by Gasteiger charge is -2.17. The van der Waals surface area contributed by atoms with Gasteiger partial charge < -0.3 is 5.32 Å². The first-order valence-electron chi connectivity index (χ1n) is 5.27. The third kappa shape index (κ3) is 3.34. The van der Waals surface area contributed by atoms with Crippen molar-refractivity contribution < 1.29 is 8.78 Å². The van der Waals surface area contributed by atoms with E-state index in [4.69, 9.17) is 5.26 Å². The topological polar surface area (TPSA) is 35.8 Å². The van der Waals surface area contributed by atoms with Crippen molar-refractivity contribution in [3.63, 3.8) is 0 Å². The van der Waals surface area contributed by atoms with E-state index in [1.54, 1.807) is 17.8 Å². The van der Waals surface area contributed by atoms with Gasteiger partial charge in [0.2, 0.25) is 0 Å². The summed E-state index contributed by atoms with van der Waals surface area (Å²) >= 11 is 1.64. The van der Waals surface area contributed by atoms with Gasteiger partial charge >= 0.3 is 0 Å². The highest BCUT2D eigenvalue weighted by atomic mass is 32.2. The maximum atomic E-state index is 13.6. The third-order valence-electron chi connectivity index (χ3n) is 2.42. The predicted octanol–water partition coefficient (Wildman–Crippen LogP) is 3.39. The van der Waals surface area contributed by atoms with Crippen LogP contribution in [0.25, 0.3) is 0 Å². The van der Waals surface area contributed by atoms with E-state index in [1.165, 1.54) is 12.1 Å². The fourth-order valence-electron chi connectivity index (χ4n) is 1.43. The molecule has 1 atom stereocenters. The van der Waals surface area contributed by atoms with Gasteiger partial charge in [0.05, 0.1) is 11.3 Å². The van der Waals surface area contributed by atoms with Crippen LogP contribution in [0, 0.1) is 23.0 Å². The molecule has 0 aliphatic carbocycles. The molecule has 0 radical (unpaired) electrons. The number of benzene rings is 1. The van der Waals surface area contributed by atoms with Crippen LogP contribution < -0.4 is 5.32 Å². The van der Waals surface area contributed by atoms with E-state index < -0.39 is 11.6 Å². The molecular formula is C12H14F2N2S.